The third kappa shape index (κ3) is 3.76. The normalized spacial score (nSPS) is 10.8. The molecule has 0 unspecified atom stereocenters. The van der Waals surface area contributed by atoms with Crippen LogP contribution in [0.1, 0.15) is 25.7 Å². The van der Waals surface area contributed by atoms with E-state index in [0.29, 0.717) is 5.95 Å². The van der Waals surface area contributed by atoms with Crippen molar-refractivity contribution in [3.8, 4) is 0 Å². The minimum absolute atomic E-state index is 0.278. The Morgan fingerprint density at radius 1 is 1.21 bits per heavy atom. The molecule has 7 heteroatoms. The molecule has 0 spiro atoms. The van der Waals surface area contributed by atoms with Crippen LogP contribution in [-0.2, 0) is 0 Å². The van der Waals surface area contributed by atoms with Gasteiger partial charge in [0.1, 0.15) is 10.6 Å². The van der Waals surface area contributed by atoms with E-state index in [2.05, 4.69) is 20.7 Å². The van der Waals surface area contributed by atoms with Crippen molar-refractivity contribution < 1.29 is 5.11 Å². The summed E-state index contributed by atoms with van der Waals surface area (Å²) in [5.41, 5.74) is 2.48. The van der Waals surface area contributed by atoms with Crippen LogP contribution in [0.4, 0.5) is 11.8 Å². The fraction of sp³-hybridized carbons (Fsp3) is 0.500. The number of hydrazine groups is 1. The number of aliphatic hydroxyl groups excluding tert-OH is 1. The second-order valence-corrected chi connectivity index (χ2v) is 5.14. The standard InChI is InChI=1S/C12H19N5OS/c13-17-12-15-10(9-5-8-19-11(9)16-12)14-6-3-1-2-4-7-18/h5,8,18H,1-4,6-7,13H2,(H2,14,15,16,17). The maximum atomic E-state index is 8.70. The molecule has 0 fully saturated rings. The quantitative estimate of drug-likeness (QED) is 0.335. The van der Waals surface area contributed by atoms with Gasteiger partial charge in [0.05, 0.1) is 5.39 Å². The van der Waals surface area contributed by atoms with Gasteiger partial charge in [0.2, 0.25) is 5.95 Å². The van der Waals surface area contributed by atoms with Crippen molar-refractivity contribution in [1.82, 2.24) is 9.97 Å². The summed E-state index contributed by atoms with van der Waals surface area (Å²) in [5.74, 6) is 6.62. The lowest BCUT2D eigenvalue weighted by Gasteiger charge is -2.08. The van der Waals surface area contributed by atoms with Crippen LogP contribution in [0.15, 0.2) is 11.4 Å². The number of fused-ring (bicyclic) bond motifs is 1. The molecule has 2 aromatic rings. The van der Waals surface area contributed by atoms with E-state index >= 15 is 0 Å². The summed E-state index contributed by atoms with van der Waals surface area (Å²) >= 11 is 1.57. The van der Waals surface area contributed by atoms with Crippen LogP contribution in [0.25, 0.3) is 10.2 Å². The summed E-state index contributed by atoms with van der Waals surface area (Å²) in [6.45, 7) is 1.14. The summed E-state index contributed by atoms with van der Waals surface area (Å²) in [7, 11) is 0. The second kappa shape index (κ2) is 7.22. The highest BCUT2D eigenvalue weighted by atomic mass is 32.1. The maximum absolute atomic E-state index is 8.70. The molecule has 0 aromatic carbocycles. The van der Waals surface area contributed by atoms with Crippen LogP contribution in [0.3, 0.4) is 0 Å². The van der Waals surface area contributed by atoms with E-state index in [9.17, 15) is 0 Å². The smallest absolute Gasteiger partial charge is 0.240 e. The van der Waals surface area contributed by atoms with Gasteiger partial charge < -0.3 is 10.4 Å². The van der Waals surface area contributed by atoms with E-state index in [1.807, 2.05) is 11.4 Å². The van der Waals surface area contributed by atoms with Gasteiger partial charge in [-0.05, 0) is 24.3 Å². The molecule has 104 valence electrons. The zero-order chi connectivity index (χ0) is 13.5. The average Bonchev–Trinajstić information content (AvgIpc) is 2.90. The number of hydrogen-bond donors (Lipinski definition) is 4. The number of thiophene rings is 1. The van der Waals surface area contributed by atoms with Crippen molar-refractivity contribution in [3.05, 3.63) is 11.4 Å². The Bertz CT molecular complexity index is 516. The van der Waals surface area contributed by atoms with Crippen LogP contribution < -0.4 is 16.6 Å². The number of hydrogen-bond acceptors (Lipinski definition) is 7. The van der Waals surface area contributed by atoms with Crippen molar-refractivity contribution >= 4 is 33.3 Å². The number of nitrogen functional groups attached to an aromatic ring is 1. The number of aromatic nitrogens is 2. The van der Waals surface area contributed by atoms with E-state index < -0.39 is 0 Å². The summed E-state index contributed by atoms with van der Waals surface area (Å²) in [6, 6.07) is 2.01. The predicted molar refractivity (Wildman–Crippen MR) is 79.3 cm³/mol. The first-order valence-electron chi connectivity index (χ1n) is 6.41. The first-order valence-corrected chi connectivity index (χ1v) is 7.29. The van der Waals surface area contributed by atoms with E-state index in [1.165, 1.54) is 0 Å². The first-order chi connectivity index (χ1) is 9.35. The number of nitrogens with zero attached hydrogens (tertiary/aromatic N) is 2. The average molecular weight is 281 g/mol. The molecule has 0 saturated carbocycles. The summed E-state index contributed by atoms with van der Waals surface area (Å²) in [5, 5.41) is 15.0. The van der Waals surface area contributed by atoms with E-state index in [1.54, 1.807) is 11.3 Å². The van der Waals surface area contributed by atoms with Gasteiger partial charge in [0.15, 0.2) is 0 Å². The van der Waals surface area contributed by atoms with E-state index in [0.717, 1.165) is 48.3 Å². The SMILES string of the molecule is NNc1nc(NCCCCCCO)c2ccsc2n1. The lowest BCUT2D eigenvalue weighted by molar-refractivity contribution is 0.283. The molecular weight excluding hydrogens is 262 g/mol. The van der Waals surface area contributed by atoms with Crippen molar-refractivity contribution in [2.45, 2.75) is 25.7 Å². The number of unbranched alkanes of at least 4 members (excludes halogenated alkanes) is 3. The lowest BCUT2D eigenvalue weighted by atomic mass is 10.2. The van der Waals surface area contributed by atoms with Crippen LogP contribution in [0, 0.1) is 0 Å². The molecule has 0 aliphatic carbocycles. The highest BCUT2D eigenvalue weighted by molar-refractivity contribution is 7.16. The Balaban J connectivity index is 1.93. The van der Waals surface area contributed by atoms with E-state index in [-0.39, 0.29) is 6.61 Å². The zero-order valence-electron chi connectivity index (χ0n) is 10.7. The summed E-state index contributed by atoms with van der Waals surface area (Å²) in [6.07, 6.45) is 4.10. The molecule has 0 bridgehead atoms. The minimum atomic E-state index is 0.278. The van der Waals surface area contributed by atoms with Crippen molar-refractivity contribution in [2.75, 3.05) is 23.9 Å². The molecule has 19 heavy (non-hydrogen) atoms. The molecule has 5 N–H and O–H groups in total. The van der Waals surface area contributed by atoms with Gasteiger partial charge in [0.25, 0.3) is 0 Å². The number of nitrogens with two attached hydrogens (primary N) is 1. The van der Waals surface area contributed by atoms with Crippen LogP contribution in [0.5, 0.6) is 0 Å². The highest BCUT2D eigenvalue weighted by Crippen LogP contribution is 2.26. The largest absolute Gasteiger partial charge is 0.396 e. The second-order valence-electron chi connectivity index (χ2n) is 4.24. The molecule has 0 radical (unpaired) electrons. The van der Waals surface area contributed by atoms with Gasteiger partial charge in [-0.1, -0.05) is 12.8 Å². The summed E-state index contributed by atoms with van der Waals surface area (Å²) < 4.78 is 0. The van der Waals surface area contributed by atoms with Crippen LogP contribution >= 0.6 is 11.3 Å². The lowest BCUT2D eigenvalue weighted by Crippen LogP contribution is -2.12. The molecule has 2 aromatic heterocycles. The van der Waals surface area contributed by atoms with Crippen molar-refractivity contribution in [3.63, 3.8) is 0 Å². The fourth-order valence-electron chi connectivity index (χ4n) is 1.85. The van der Waals surface area contributed by atoms with E-state index in [4.69, 9.17) is 10.9 Å². The van der Waals surface area contributed by atoms with Gasteiger partial charge in [-0.15, -0.1) is 11.3 Å². The molecule has 0 aliphatic rings. The van der Waals surface area contributed by atoms with Gasteiger partial charge >= 0.3 is 0 Å². The molecule has 0 aliphatic heterocycles. The Labute approximate surface area is 116 Å². The fourth-order valence-corrected chi connectivity index (χ4v) is 2.62. The molecule has 6 nitrogen and oxygen atoms in total. The topological polar surface area (TPSA) is 96.1 Å². The number of rotatable bonds is 8. The summed E-state index contributed by atoms with van der Waals surface area (Å²) in [4.78, 5) is 9.54. The maximum Gasteiger partial charge on any atom is 0.240 e. The molecule has 0 saturated heterocycles. The third-order valence-electron chi connectivity index (χ3n) is 2.83. The van der Waals surface area contributed by atoms with Gasteiger partial charge in [-0.2, -0.15) is 4.98 Å². The number of anilines is 2. The molecule has 2 rings (SSSR count). The Morgan fingerprint density at radius 2 is 2.05 bits per heavy atom. The van der Waals surface area contributed by atoms with Gasteiger partial charge in [-0.3, -0.25) is 5.43 Å². The Kier molecular flexibility index (Phi) is 5.31. The van der Waals surface area contributed by atoms with Gasteiger partial charge in [0, 0.05) is 13.2 Å². The van der Waals surface area contributed by atoms with Crippen LogP contribution in [-0.4, -0.2) is 28.2 Å². The predicted octanol–water partition coefficient (Wildman–Crippen LogP) is 1.94. The molecule has 2 heterocycles. The molecule has 0 atom stereocenters. The van der Waals surface area contributed by atoms with Crippen molar-refractivity contribution in [2.24, 2.45) is 5.84 Å². The first kappa shape index (κ1) is 14.0. The zero-order valence-corrected chi connectivity index (χ0v) is 11.5. The van der Waals surface area contributed by atoms with Crippen molar-refractivity contribution in [1.29, 1.82) is 0 Å². The highest BCUT2D eigenvalue weighted by Gasteiger charge is 2.07. The Morgan fingerprint density at radius 3 is 2.84 bits per heavy atom. The molecular formula is C12H19N5OS. The number of nitrogens with one attached hydrogen (secondary N) is 2. The van der Waals surface area contributed by atoms with Crippen LogP contribution in [0.2, 0.25) is 0 Å². The van der Waals surface area contributed by atoms with Gasteiger partial charge in [-0.25, -0.2) is 10.8 Å². The monoisotopic (exact) mass is 281 g/mol. The Hall–Kier alpha value is -1.44. The third-order valence-corrected chi connectivity index (χ3v) is 3.64. The number of aliphatic hydroxyl groups is 1. The molecule has 0 amide bonds. The minimum Gasteiger partial charge on any atom is -0.396 e.